The summed E-state index contributed by atoms with van der Waals surface area (Å²) < 4.78 is 10.7. The van der Waals surface area contributed by atoms with Gasteiger partial charge in [0.25, 0.3) is 0 Å². The molecule has 0 heterocycles. The fourth-order valence-electron chi connectivity index (χ4n) is 7.82. The molecule has 0 radical (unpaired) electrons. The number of carbonyl (C=O) groups is 2. The van der Waals surface area contributed by atoms with E-state index in [1.54, 1.807) is 0 Å². The third-order valence-electron chi connectivity index (χ3n) is 12.4. The molecule has 5 nitrogen and oxygen atoms in total. The van der Waals surface area contributed by atoms with Crippen molar-refractivity contribution in [2.24, 2.45) is 0 Å². The molecule has 5 heteroatoms. The minimum Gasteiger partial charge on any atom is -0.462 e. The third kappa shape index (κ3) is 63.3. The van der Waals surface area contributed by atoms with Crippen LogP contribution in [0.15, 0.2) is 194 Å². The van der Waals surface area contributed by atoms with E-state index >= 15 is 0 Å². The Morgan fingerprint density at radius 2 is 0.513 bits per heavy atom. The lowest BCUT2D eigenvalue weighted by Crippen LogP contribution is -2.28. The highest BCUT2D eigenvalue weighted by Gasteiger charge is 2.16. The van der Waals surface area contributed by atoms with E-state index in [2.05, 4.69) is 208 Å². The molecule has 434 valence electrons. The van der Waals surface area contributed by atoms with Crippen molar-refractivity contribution in [3.05, 3.63) is 194 Å². The summed E-state index contributed by atoms with van der Waals surface area (Å²) in [4.78, 5) is 24.6. The van der Waals surface area contributed by atoms with Crippen molar-refractivity contribution in [2.75, 3.05) is 13.2 Å². The summed E-state index contributed by atoms with van der Waals surface area (Å²) in [5.41, 5.74) is 0. The maximum atomic E-state index is 12.3. The van der Waals surface area contributed by atoms with E-state index in [0.717, 1.165) is 135 Å². The van der Waals surface area contributed by atoms with Gasteiger partial charge in [0, 0.05) is 12.8 Å². The van der Waals surface area contributed by atoms with Crippen LogP contribution < -0.4 is 0 Å². The molecule has 0 fully saturated rings. The molecule has 0 aliphatic carbocycles. The summed E-state index contributed by atoms with van der Waals surface area (Å²) in [7, 11) is 0. The molecular weight excluding hydrogens is 957 g/mol. The summed E-state index contributed by atoms with van der Waals surface area (Å²) >= 11 is 0. The molecule has 0 aromatic rings. The molecule has 1 unspecified atom stereocenters. The number of aliphatic hydroxyl groups excluding tert-OH is 1. The molecule has 0 aliphatic heterocycles. The van der Waals surface area contributed by atoms with Gasteiger partial charge in [-0.05, 0) is 141 Å². The van der Waals surface area contributed by atoms with Crippen molar-refractivity contribution in [1.29, 1.82) is 0 Å². The SMILES string of the molecule is CC/C=C\C/C=C\C/C=C\C/C=C\C/C=C\C/C=C\C/C=C\C/C=C\C/C=C\C/C=C\C/C=C\C/C=C\CCCCC(=O)OC(CO)COC(=O)CCCCCCCCCCCCCC/C=C\C/C=C\C/C=C\C/C=C\CC. The van der Waals surface area contributed by atoms with Crippen molar-refractivity contribution < 1.29 is 24.2 Å². The Bertz CT molecular complexity index is 1830. The first-order valence-corrected chi connectivity index (χ1v) is 31.0. The van der Waals surface area contributed by atoms with Gasteiger partial charge >= 0.3 is 11.9 Å². The number of rotatable bonds is 54. The predicted molar refractivity (Wildman–Crippen MR) is 342 cm³/mol. The summed E-state index contributed by atoms with van der Waals surface area (Å²) in [6.45, 7) is 3.87. The number of unbranched alkanes of at least 4 members (excludes halogenated alkanes) is 14. The van der Waals surface area contributed by atoms with Crippen molar-refractivity contribution in [1.82, 2.24) is 0 Å². The van der Waals surface area contributed by atoms with Gasteiger partial charge in [0.2, 0.25) is 0 Å². The van der Waals surface area contributed by atoms with E-state index in [1.807, 2.05) is 0 Å². The minimum atomic E-state index is -0.812. The van der Waals surface area contributed by atoms with Gasteiger partial charge in [0.15, 0.2) is 6.10 Å². The highest BCUT2D eigenvalue weighted by molar-refractivity contribution is 5.70. The van der Waals surface area contributed by atoms with Gasteiger partial charge in [-0.15, -0.1) is 0 Å². The van der Waals surface area contributed by atoms with E-state index in [-0.39, 0.29) is 31.6 Å². The number of carbonyl (C=O) groups excluding carboxylic acids is 2. The third-order valence-corrected chi connectivity index (χ3v) is 12.4. The van der Waals surface area contributed by atoms with Crippen molar-refractivity contribution in [3.63, 3.8) is 0 Å². The molecule has 0 amide bonds. The van der Waals surface area contributed by atoms with Crippen LogP contribution in [0.1, 0.15) is 232 Å². The van der Waals surface area contributed by atoms with Crippen LogP contribution in [-0.4, -0.2) is 36.4 Å². The first-order chi connectivity index (χ1) is 38.6. The number of hydrogen-bond acceptors (Lipinski definition) is 5. The molecule has 0 aliphatic rings. The monoisotopic (exact) mass is 1070 g/mol. The number of ether oxygens (including phenoxy) is 2. The van der Waals surface area contributed by atoms with E-state index < -0.39 is 6.10 Å². The van der Waals surface area contributed by atoms with Gasteiger partial charge in [0.1, 0.15) is 6.61 Å². The van der Waals surface area contributed by atoms with Crippen LogP contribution in [0.3, 0.4) is 0 Å². The fourth-order valence-corrected chi connectivity index (χ4v) is 7.82. The highest BCUT2D eigenvalue weighted by Crippen LogP contribution is 2.14. The molecule has 0 aromatic carbocycles. The van der Waals surface area contributed by atoms with Crippen molar-refractivity contribution >= 4 is 11.9 Å². The average molecular weight is 1070 g/mol. The largest absolute Gasteiger partial charge is 0.462 e. The minimum absolute atomic E-state index is 0.0972. The zero-order valence-electron chi connectivity index (χ0n) is 49.6. The molecule has 0 bridgehead atoms. The topological polar surface area (TPSA) is 72.8 Å². The number of esters is 2. The Morgan fingerprint density at radius 3 is 0.795 bits per heavy atom. The van der Waals surface area contributed by atoms with Gasteiger partial charge in [-0.2, -0.15) is 0 Å². The van der Waals surface area contributed by atoms with Crippen molar-refractivity contribution in [3.8, 4) is 0 Å². The van der Waals surface area contributed by atoms with E-state index in [0.29, 0.717) is 12.8 Å². The quantitative estimate of drug-likeness (QED) is 0.0373. The highest BCUT2D eigenvalue weighted by atomic mass is 16.6. The molecule has 0 spiro atoms. The second-order valence-electron chi connectivity index (χ2n) is 19.7. The van der Waals surface area contributed by atoms with Gasteiger partial charge in [-0.3, -0.25) is 9.59 Å². The fraction of sp³-hybridized carbons (Fsp3) is 0.534. The normalized spacial score (nSPS) is 13.6. The molecule has 78 heavy (non-hydrogen) atoms. The average Bonchev–Trinajstić information content (AvgIpc) is 3.44. The Balaban J connectivity index is 3.68. The first kappa shape index (κ1) is 72.7. The Kier molecular flexibility index (Phi) is 61.6. The van der Waals surface area contributed by atoms with Crippen LogP contribution >= 0.6 is 0 Å². The summed E-state index contributed by atoms with van der Waals surface area (Å²) in [6, 6.07) is 0. The van der Waals surface area contributed by atoms with Gasteiger partial charge < -0.3 is 14.6 Å². The van der Waals surface area contributed by atoms with Crippen LogP contribution in [-0.2, 0) is 19.1 Å². The molecule has 0 saturated heterocycles. The molecular formula is C73H112O5. The van der Waals surface area contributed by atoms with Gasteiger partial charge in [0.05, 0.1) is 6.61 Å². The van der Waals surface area contributed by atoms with Crippen LogP contribution in [0.25, 0.3) is 0 Å². The second kappa shape index (κ2) is 66.0. The van der Waals surface area contributed by atoms with Gasteiger partial charge in [-0.1, -0.05) is 272 Å². The predicted octanol–water partition coefficient (Wildman–Crippen LogP) is 21.6. The van der Waals surface area contributed by atoms with Gasteiger partial charge in [-0.25, -0.2) is 0 Å². The van der Waals surface area contributed by atoms with E-state index in [9.17, 15) is 14.7 Å². The summed E-state index contributed by atoms with van der Waals surface area (Å²) in [6.07, 6.45) is 106. The van der Waals surface area contributed by atoms with Crippen LogP contribution in [0.5, 0.6) is 0 Å². The molecule has 1 atom stereocenters. The number of hydrogen-bond donors (Lipinski definition) is 1. The zero-order chi connectivity index (χ0) is 56.2. The van der Waals surface area contributed by atoms with Crippen LogP contribution in [0.4, 0.5) is 0 Å². The van der Waals surface area contributed by atoms with Crippen LogP contribution in [0.2, 0.25) is 0 Å². The molecule has 0 aromatic heterocycles. The maximum Gasteiger partial charge on any atom is 0.306 e. The molecule has 0 rings (SSSR count). The lowest BCUT2D eigenvalue weighted by molar-refractivity contribution is -0.161. The van der Waals surface area contributed by atoms with Crippen LogP contribution in [0, 0.1) is 0 Å². The maximum absolute atomic E-state index is 12.3. The molecule has 0 saturated carbocycles. The Labute approximate surface area is 479 Å². The number of aliphatic hydroxyl groups is 1. The van der Waals surface area contributed by atoms with E-state index in [4.69, 9.17) is 9.47 Å². The summed E-state index contributed by atoms with van der Waals surface area (Å²) in [5, 5.41) is 9.67. The number of allylic oxidation sites excluding steroid dienone is 32. The Morgan fingerprint density at radius 1 is 0.295 bits per heavy atom. The molecule has 1 N–H and O–H groups in total. The zero-order valence-corrected chi connectivity index (χ0v) is 49.6. The standard InChI is InChI=1S/C73H112O5/c1-3-5-7-9-11-13-15-17-19-21-23-25-27-29-30-31-32-33-34-35-36-37-38-39-40-41-42-44-46-48-50-52-54-56-58-60-62-64-66-68-73(76)78-71(69-74)70-77-72(75)67-65-63-61-59-57-55-53-51-49-47-45-43-28-26-24-22-20-18-16-14-12-10-8-6-4-2/h5-8,11-14,17-20,23-26,29-30,32-33,35-36,38-39,41-42,46,48,52,54,58,60,71,74H,3-4,9-10,15-16,21-22,27-28,31,34,37,40,43-45,47,49-51,53,55-57,59,61-70H2,1-2H3/b7-5-,8-6-,13-11-,14-12-,19-17-,20-18-,25-23-,26-24-,30-29-,33-32-,36-35-,39-38-,42-41-,48-46-,54-52-,60-58-. The lowest BCUT2D eigenvalue weighted by Gasteiger charge is -2.15. The first-order valence-electron chi connectivity index (χ1n) is 31.0. The lowest BCUT2D eigenvalue weighted by atomic mass is 10.0. The second-order valence-corrected chi connectivity index (χ2v) is 19.7. The smallest absolute Gasteiger partial charge is 0.306 e. The van der Waals surface area contributed by atoms with Crippen molar-refractivity contribution in [2.45, 2.75) is 238 Å². The van der Waals surface area contributed by atoms with E-state index in [1.165, 1.54) is 64.2 Å². The Hall–Kier alpha value is -5.26. The summed E-state index contributed by atoms with van der Waals surface area (Å²) in [5.74, 6) is -0.657.